The highest BCUT2D eigenvalue weighted by molar-refractivity contribution is 5.94. The van der Waals surface area contributed by atoms with E-state index < -0.39 is 5.67 Å². The lowest BCUT2D eigenvalue weighted by Gasteiger charge is -2.34. The summed E-state index contributed by atoms with van der Waals surface area (Å²) in [4.78, 5) is 26.3. The Hall–Kier alpha value is -2.34. The average molecular weight is 467 g/mol. The molecule has 2 aliphatic rings. The molecule has 1 aromatic carbocycles. The summed E-state index contributed by atoms with van der Waals surface area (Å²) in [6, 6.07) is 7.75. The fourth-order valence-corrected chi connectivity index (χ4v) is 5.29. The third kappa shape index (κ3) is 6.84. The van der Waals surface area contributed by atoms with Crippen LogP contribution in [-0.4, -0.2) is 64.1 Å². The van der Waals surface area contributed by atoms with Crippen molar-refractivity contribution in [1.82, 2.24) is 19.8 Å². The van der Waals surface area contributed by atoms with Gasteiger partial charge in [0.15, 0.2) is 0 Å². The smallest absolute Gasteiger partial charge is 0.253 e. The number of rotatable bonds is 7. The second-order valence-electron chi connectivity index (χ2n) is 10.9. The van der Waals surface area contributed by atoms with Crippen LogP contribution < -0.4 is 0 Å². The van der Waals surface area contributed by atoms with E-state index in [1.807, 2.05) is 41.6 Å². The molecule has 0 spiro atoms. The van der Waals surface area contributed by atoms with Gasteiger partial charge in [0.05, 0.1) is 17.6 Å². The van der Waals surface area contributed by atoms with E-state index >= 15 is 0 Å². The van der Waals surface area contributed by atoms with E-state index in [4.69, 9.17) is 0 Å². The summed E-state index contributed by atoms with van der Waals surface area (Å²) >= 11 is 0. The quantitative estimate of drug-likeness (QED) is 0.548. The Morgan fingerprint density at radius 2 is 1.79 bits per heavy atom. The van der Waals surface area contributed by atoms with Crippen molar-refractivity contribution in [2.75, 3.05) is 32.7 Å². The summed E-state index contributed by atoms with van der Waals surface area (Å²) in [5.74, 6) is 1.37. The van der Waals surface area contributed by atoms with Gasteiger partial charge >= 0.3 is 0 Å². The molecule has 2 fully saturated rings. The Kier molecular flexibility index (Phi) is 7.97. The van der Waals surface area contributed by atoms with Gasteiger partial charge in [-0.3, -0.25) is 14.8 Å². The van der Waals surface area contributed by atoms with Crippen LogP contribution in [0.2, 0.25) is 0 Å². The number of carbonyl (C=O) groups excluding carboxylic acids is 1. The van der Waals surface area contributed by atoms with Crippen molar-refractivity contribution in [3.63, 3.8) is 0 Å². The first kappa shape index (κ1) is 24.8. The highest BCUT2D eigenvalue weighted by atomic mass is 19.1. The molecule has 5 nitrogen and oxygen atoms in total. The Balaban J connectivity index is 1.26. The van der Waals surface area contributed by atoms with E-state index in [0.29, 0.717) is 18.4 Å². The normalized spacial score (nSPS) is 20.5. The molecule has 2 saturated heterocycles. The van der Waals surface area contributed by atoms with E-state index in [1.54, 1.807) is 13.8 Å². The monoisotopic (exact) mass is 466 g/mol. The first-order chi connectivity index (χ1) is 16.3. The molecule has 0 saturated carbocycles. The summed E-state index contributed by atoms with van der Waals surface area (Å²) in [7, 11) is 0. The van der Waals surface area contributed by atoms with Crippen molar-refractivity contribution in [2.45, 2.75) is 65.0 Å². The molecule has 4 rings (SSSR count). The predicted molar refractivity (Wildman–Crippen MR) is 134 cm³/mol. The number of alkyl halides is 1. The standard InChI is InChI=1S/C28H39FN4O/c1-21-5-4-14-33(19-21)27(34)24-9-7-23(8-10-24)26-18-30-25(17-31-26)11-6-22-12-15-32(16-13-22)20-28(2,3)29/h7-10,17-18,21-22H,4-6,11-16,19-20H2,1-3H3. The van der Waals surface area contributed by atoms with Crippen molar-refractivity contribution >= 4 is 5.91 Å². The number of aryl methyl sites for hydroxylation is 1. The van der Waals surface area contributed by atoms with Gasteiger partial charge in [0.2, 0.25) is 0 Å². The molecule has 1 unspecified atom stereocenters. The number of halogens is 1. The van der Waals surface area contributed by atoms with Gasteiger partial charge in [0.1, 0.15) is 5.67 Å². The minimum Gasteiger partial charge on any atom is -0.338 e. The molecule has 1 amide bonds. The highest BCUT2D eigenvalue weighted by Gasteiger charge is 2.25. The Labute approximate surface area is 203 Å². The molecule has 184 valence electrons. The Morgan fingerprint density at radius 1 is 1.06 bits per heavy atom. The number of likely N-dealkylation sites (tertiary alicyclic amines) is 2. The fraction of sp³-hybridized carbons (Fsp3) is 0.607. The molecule has 3 heterocycles. The average Bonchev–Trinajstić information content (AvgIpc) is 2.83. The molecule has 2 aromatic rings. The zero-order valence-corrected chi connectivity index (χ0v) is 21.0. The van der Waals surface area contributed by atoms with Gasteiger partial charge in [-0.2, -0.15) is 0 Å². The van der Waals surface area contributed by atoms with Gasteiger partial charge in [0, 0.05) is 37.0 Å². The number of nitrogens with zero attached hydrogens (tertiary/aromatic N) is 4. The van der Waals surface area contributed by atoms with Crippen molar-refractivity contribution in [3.05, 3.63) is 47.9 Å². The summed E-state index contributed by atoms with van der Waals surface area (Å²) in [5.41, 5.74) is 2.44. The van der Waals surface area contributed by atoms with E-state index in [1.165, 1.54) is 6.42 Å². The first-order valence-electron chi connectivity index (χ1n) is 12.9. The fourth-order valence-electron chi connectivity index (χ4n) is 5.29. The lowest BCUT2D eigenvalue weighted by Crippen LogP contribution is -2.41. The van der Waals surface area contributed by atoms with E-state index in [9.17, 15) is 9.18 Å². The van der Waals surface area contributed by atoms with Gasteiger partial charge in [-0.1, -0.05) is 19.1 Å². The Bertz CT molecular complexity index is 930. The third-order valence-corrected chi connectivity index (χ3v) is 7.19. The molecule has 2 aliphatic heterocycles. The minimum absolute atomic E-state index is 0.124. The maximum atomic E-state index is 13.9. The predicted octanol–water partition coefficient (Wildman–Crippen LogP) is 5.41. The molecule has 0 N–H and O–H groups in total. The van der Waals surface area contributed by atoms with Crippen LogP contribution in [0.3, 0.4) is 0 Å². The second kappa shape index (κ2) is 10.9. The first-order valence-corrected chi connectivity index (χ1v) is 12.9. The second-order valence-corrected chi connectivity index (χ2v) is 10.9. The summed E-state index contributed by atoms with van der Waals surface area (Å²) in [6.07, 6.45) is 10.3. The molecule has 0 radical (unpaired) electrons. The van der Waals surface area contributed by atoms with Crippen LogP contribution in [0.4, 0.5) is 4.39 Å². The zero-order chi connectivity index (χ0) is 24.1. The minimum atomic E-state index is -1.12. The number of carbonyl (C=O) groups is 1. The van der Waals surface area contributed by atoms with Gasteiger partial charge in [-0.05, 0) is 89.4 Å². The van der Waals surface area contributed by atoms with Crippen LogP contribution >= 0.6 is 0 Å². The molecule has 1 aromatic heterocycles. The zero-order valence-electron chi connectivity index (χ0n) is 21.0. The van der Waals surface area contributed by atoms with Gasteiger partial charge in [-0.15, -0.1) is 0 Å². The van der Waals surface area contributed by atoms with E-state index in [2.05, 4.69) is 21.8 Å². The van der Waals surface area contributed by atoms with Crippen molar-refractivity contribution < 1.29 is 9.18 Å². The van der Waals surface area contributed by atoms with E-state index in [-0.39, 0.29) is 5.91 Å². The summed E-state index contributed by atoms with van der Waals surface area (Å²) in [6.45, 7) is 9.73. The Morgan fingerprint density at radius 3 is 2.41 bits per heavy atom. The van der Waals surface area contributed by atoms with Crippen LogP contribution in [0.1, 0.15) is 68.9 Å². The number of amides is 1. The topological polar surface area (TPSA) is 49.3 Å². The van der Waals surface area contributed by atoms with Gasteiger partial charge in [-0.25, -0.2) is 4.39 Å². The number of piperidine rings is 2. The lowest BCUT2D eigenvalue weighted by atomic mass is 9.91. The van der Waals surface area contributed by atoms with Crippen molar-refractivity contribution in [3.8, 4) is 11.3 Å². The summed E-state index contributed by atoms with van der Waals surface area (Å²) in [5, 5.41) is 0. The molecule has 0 aliphatic carbocycles. The van der Waals surface area contributed by atoms with Crippen LogP contribution in [0, 0.1) is 11.8 Å². The van der Waals surface area contributed by atoms with Gasteiger partial charge in [0.25, 0.3) is 5.91 Å². The van der Waals surface area contributed by atoms with Crippen LogP contribution in [0.5, 0.6) is 0 Å². The maximum absolute atomic E-state index is 13.9. The highest BCUT2D eigenvalue weighted by Crippen LogP contribution is 2.25. The lowest BCUT2D eigenvalue weighted by molar-refractivity contribution is 0.0683. The number of hydrogen-bond donors (Lipinski definition) is 0. The molecule has 0 bridgehead atoms. The van der Waals surface area contributed by atoms with Crippen LogP contribution in [-0.2, 0) is 6.42 Å². The third-order valence-electron chi connectivity index (χ3n) is 7.19. The van der Waals surface area contributed by atoms with E-state index in [0.717, 1.165) is 80.8 Å². The SMILES string of the molecule is CC1CCCN(C(=O)c2ccc(-c3cnc(CCC4CCN(CC(C)(C)F)CC4)cn3)cc2)C1. The number of benzene rings is 1. The number of hydrogen-bond acceptors (Lipinski definition) is 4. The molecule has 6 heteroatoms. The van der Waals surface area contributed by atoms with Crippen LogP contribution in [0.15, 0.2) is 36.7 Å². The maximum Gasteiger partial charge on any atom is 0.253 e. The molecular weight excluding hydrogens is 427 g/mol. The van der Waals surface area contributed by atoms with Gasteiger partial charge < -0.3 is 9.80 Å². The summed E-state index contributed by atoms with van der Waals surface area (Å²) < 4.78 is 13.9. The molecule has 1 atom stereocenters. The molecular formula is C28H39FN4O. The van der Waals surface area contributed by atoms with Crippen molar-refractivity contribution in [2.24, 2.45) is 11.8 Å². The molecule has 34 heavy (non-hydrogen) atoms. The van der Waals surface area contributed by atoms with Crippen molar-refractivity contribution in [1.29, 1.82) is 0 Å². The number of aromatic nitrogens is 2. The van der Waals surface area contributed by atoms with Crippen LogP contribution in [0.25, 0.3) is 11.3 Å². The largest absolute Gasteiger partial charge is 0.338 e.